The van der Waals surface area contributed by atoms with Crippen LogP contribution in [0.25, 0.3) is 5.57 Å². The number of benzene rings is 2. The summed E-state index contributed by atoms with van der Waals surface area (Å²) in [6, 6.07) is 7.31. The zero-order chi connectivity index (χ0) is 24.4. The van der Waals surface area contributed by atoms with E-state index in [9.17, 15) is 22.0 Å². The Morgan fingerprint density at radius 2 is 1.21 bits per heavy atom. The number of halogens is 5. The van der Waals surface area contributed by atoms with E-state index in [1.54, 1.807) is 12.1 Å². The van der Waals surface area contributed by atoms with Gasteiger partial charge in [0.25, 0.3) is 0 Å². The van der Waals surface area contributed by atoms with Crippen molar-refractivity contribution in [2.75, 3.05) is 0 Å². The molecule has 0 saturated heterocycles. The Morgan fingerprint density at radius 1 is 0.727 bits per heavy atom. The fraction of sp³-hybridized carbons (Fsp3) is 0.308. The van der Waals surface area contributed by atoms with Gasteiger partial charge in [-0.1, -0.05) is 0 Å². The third-order valence-electron chi connectivity index (χ3n) is 7.23. The van der Waals surface area contributed by atoms with Crippen molar-refractivity contribution in [1.82, 2.24) is 0 Å². The average molecular weight is 552 g/mol. The van der Waals surface area contributed by atoms with E-state index in [0.29, 0.717) is 9.19 Å². The molecule has 0 spiro atoms. The summed E-state index contributed by atoms with van der Waals surface area (Å²) in [6.45, 7) is 13.3. The van der Waals surface area contributed by atoms with Gasteiger partial charge in [-0.2, -0.15) is 0 Å². The molecular weight excluding hydrogens is 527 g/mol. The number of hydrogen-bond donors (Lipinski definition) is 0. The molecule has 2 aliphatic carbocycles. The van der Waals surface area contributed by atoms with Gasteiger partial charge in [0.05, 0.1) is 0 Å². The van der Waals surface area contributed by atoms with E-state index in [4.69, 9.17) is 0 Å². The number of allylic oxidation sites excluding steroid dienone is 5. The van der Waals surface area contributed by atoms with Crippen LogP contribution in [0.2, 0.25) is 16.7 Å². The zero-order valence-corrected chi connectivity index (χ0v) is 22.9. The van der Waals surface area contributed by atoms with E-state index < -0.39 is 60.5 Å². The van der Waals surface area contributed by atoms with Crippen LogP contribution in [0.4, 0.5) is 22.0 Å². The van der Waals surface area contributed by atoms with E-state index in [0.717, 1.165) is 5.56 Å². The molecule has 33 heavy (non-hydrogen) atoms. The maximum absolute atomic E-state index is 14.8. The zero-order valence-electron chi connectivity index (χ0n) is 19.4. The van der Waals surface area contributed by atoms with Crippen LogP contribution in [-0.4, -0.2) is 5.43 Å². The molecule has 0 N–H and O–H groups in total. The van der Waals surface area contributed by atoms with Crippen molar-refractivity contribution in [2.45, 2.75) is 48.0 Å². The monoisotopic (exact) mass is 550 g/mol. The van der Waals surface area contributed by atoms with Crippen molar-refractivity contribution in [1.29, 1.82) is 0 Å². The fourth-order valence-corrected chi connectivity index (χ4v) is 25.8. The first-order valence-electron chi connectivity index (χ1n) is 10.8. The first kappa shape index (κ1) is 24.5. The number of hydrogen-bond acceptors (Lipinski definition) is 0. The normalized spacial score (nSPS) is 18.3. The second-order valence-electron chi connectivity index (χ2n) is 9.09. The number of rotatable bonds is 3. The van der Waals surface area contributed by atoms with Crippen molar-refractivity contribution in [2.24, 2.45) is 0 Å². The van der Waals surface area contributed by atoms with Crippen LogP contribution in [-0.2, 0) is 20.4 Å². The molecule has 7 heteroatoms. The molecule has 0 fully saturated rings. The Hall–Kier alpha value is -1.59. The fourth-order valence-electron chi connectivity index (χ4n) is 5.27. The molecule has 0 saturated carbocycles. The maximum atomic E-state index is 14.8. The van der Waals surface area contributed by atoms with E-state index in [1.165, 1.54) is 22.3 Å². The van der Waals surface area contributed by atoms with Crippen LogP contribution in [0.5, 0.6) is 0 Å². The molecule has 172 valence electrons. The van der Waals surface area contributed by atoms with Crippen molar-refractivity contribution < 1.29 is 42.3 Å². The molecular formula is C26H25F5SiZr. The summed E-state index contributed by atoms with van der Waals surface area (Å²) in [5, 5.41) is 0. The van der Waals surface area contributed by atoms with E-state index >= 15 is 0 Å². The summed E-state index contributed by atoms with van der Waals surface area (Å²) in [4.78, 5) is 0. The molecule has 0 heterocycles. The summed E-state index contributed by atoms with van der Waals surface area (Å²) >= 11 is -2.42. The van der Waals surface area contributed by atoms with Gasteiger partial charge in [-0.25, -0.2) is 0 Å². The van der Waals surface area contributed by atoms with Gasteiger partial charge in [-0.15, -0.1) is 0 Å². The Balaban J connectivity index is 1.99. The van der Waals surface area contributed by atoms with Gasteiger partial charge in [0, 0.05) is 0 Å². The summed E-state index contributed by atoms with van der Waals surface area (Å²) in [6.07, 6.45) is 1.82. The molecule has 0 aliphatic heterocycles. The molecule has 1 atom stereocenters. The summed E-state index contributed by atoms with van der Waals surface area (Å²) < 4.78 is 71.8. The summed E-state index contributed by atoms with van der Waals surface area (Å²) in [5.74, 6) is -9.47. The molecule has 2 aromatic carbocycles. The molecule has 4 rings (SSSR count). The second-order valence-corrected chi connectivity index (χ2v) is 27.1. The van der Waals surface area contributed by atoms with Crippen LogP contribution in [0.15, 0.2) is 52.6 Å². The quantitative estimate of drug-likeness (QED) is 0.156. The second kappa shape index (κ2) is 8.88. The van der Waals surface area contributed by atoms with Crippen molar-refractivity contribution in [3.63, 3.8) is 0 Å². The first-order chi connectivity index (χ1) is 15.5. The summed E-state index contributed by atoms with van der Waals surface area (Å²) in [5.41, 5.74) is 5.47. The van der Waals surface area contributed by atoms with Gasteiger partial charge < -0.3 is 0 Å². The van der Waals surface area contributed by atoms with Crippen LogP contribution in [0.1, 0.15) is 48.0 Å². The van der Waals surface area contributed by atoms with Crippen molar-refractivity contribution in [3.05, 3.63) is 98.4 Å². The van der Waals surface area contributed by atoms with Crippen LogP contribution in [0, 0.1) is 29.1 Å². The minimum absolute atomic E-state index is 0.00562. The van der Waals surface area contributed by atoms with Gasteiger partial charge in [0.2, 0.25) is 0 Å². The van der Waals surface area contributed by atoms with E-state index in [-0.39, 0.29) is 9.20 Å². The molecule has 0 amide bonds. The van der Waals surface area contributed by atoms with Gasteiger partial charge in [0.1, 0.15) is 0 Å². The predicted molar refractivity (Wildman–Crippen MR) is 120 cm³/mol. The standard InChI is InChI=1S/C15H6F5.C9H13.C2H6Si.Zr/c16-11-10(12(17)14(19)15(20)13(11)18)9-6-5-7-3-1-2-4-8(7)9;1-6-5-7(2)9(4)8(6)3;1-3-2;/h1-6H;5H,1-4H3;1-2H3;. The Kier molecular flexibility index (Phi) is 6.60. The van der Waals surface area contributed by atoms with E-state index in [1.807, 2.05) is 18.2 Å². The first-order valence-corrected chi connectivity index (χ1v) is 19.9. The minimum atomic E-state index is -2.42. The topological polar surface area (TPSA) is 0 Å². The van der Waals surface area contributed by atoms with Gasteiger partial charge >= 0.3 is 200 Å². The average Bonchev–Trinajstić information content (AvgIpc) is 3.24. The van der Waals surface area contributed by atoms with Gasteiger partial charge in [-0.05, 0) is 0 Å². The molecule has 0 aromatic heterocycles. The van der Waals surface area contributed by atoms with Crippen LogP contribution >= 0.6 is 0 Å². The van der Waals surface area contributed by atoms with E-state index in [2.05, 4.69) is 40.8 Å². The number of fused-ring (bicyclic) bond motifs is 1. The SMILES string of the molecule is CC1=C(C)[CH]([Zr]([CH]2C=C(c3c(F)c(F)c(F)c(F)c3F)c3ccccc32)=[Si](C)C)C(C)=C1C. The molecule has 1 unspecified atom stereocenters. The third kappa shape index (κ3) is 3.70. The van der Waals surface area contributed by atoms with Gasteiger partial charge in [-0.3, -0.25) is 0 Å². The summed E-state index contributed by atoms with van der Waals surface area (Å²) in [7, 11) is 0. The third-order valence-corrected chi connectivity index (χ3v) is 26.9. The molecule has 2 aromatic rings. The van der Waals surface area contributed by atoms with Crippen molar-refractivity contribution in [3.8, 4) is 0 Å². The Bertz CT molecular complexity index is 1280. The van der Waals surface area contributed by atoms with Crippen molar-refractivity contribution >= 4 is 11.0 Å². The molecule has 2 aliphatic rings. The Labute approximate surface area is 199 Å². The molecule has 0 nitrogen and oxygen atoms in total. The Morgan fingerprint density at radius 3 is 1.73 bits per heavy atom. The van der Waals surface area contributed by atoms with Gasteiger partial charge in [0.15, 0.2) is 0 Å². The van der Waals surface area contributed by atoms with Crippen LogP contribution < -0.4 is 0 Å². The van der Waals surface area contributed by atoms with Crippen LogP contribution in [0.3, 0.4) is 0 Å². The molecule has 0 bridgehead atoms. The predicted octanol–water partition coefficient (Wildman–Crippen LogP) is 8.21. The molecule has 0 radical (unpaired) electrons.